The van der Waals surface area contributed by atoms with E-state index < -0.39 is 11.6 Å². The largest absolute Gasteiger partial charge is 0.497 e. The second-order valence-electron chi connectivity index (χ2n) is 6.24. The number of hydrogen-bond acceptors (Lipinski definition) is 4. The molecule has 0 radical (unpaired) electrons. The summed E-state index contributed by atoms with van der Waals surface area (Å²) in [4.78, 5) is 37.6. The van der Waals surface area contributed by atoms with Crippen molar-refractivity contribution in [3.05, 3.63) is 29.8 Å². The van der Waals surface area contributed by atoms with Gasteiger partial charge in [0.15, 0.2) is 0 Å². The van der Waals surface area contributed by atoms with Gasteiger partial charge in [0.25, 0.3) is 5.91 Å². The molecule has 0 aromatic heterocycles. The van der Waals surface area contributed by atoms with Crippen LogP contribution < -0.4 is 15.4 Å². The number of benzene rings is 1. The van der Waals surface area contributed by atoms with Crippen LogP contribution >= 0.6 is 0 Å². The third kappa shape index (κ3) is 3.06. The maximum absolute atomic E-state index is 12.5. The van der Waals surface area contributed by atoms with Crippen molar-refractivity contribution in [1.82, 2.24) is 15.5 Å². The van der Waals surface area contributed by atoms with Crippen molar-refractivity contribution in [1.29, 1.82) is 0 Å². The van der Waals surface area contributed by atoms with E-state index in [1.54, 1.807) is 7.11 Å². The van der Waals surface area contributed by atoms with Gasteiger partial charge in [-0.15, -0.1) is 0 Å². The molecule has 1 heterocycles. The van der Waals surface area contributed by atoms with Gasteiger partial charge in [0.2, 0.25) is 5.91 Å². The van der Waals surface area contributed by atoms with Crippen LogP contribution in [0.3, 0.4) is 0 Å². The number of carbonyl (C=O) groups is 3. The zero-order chi connectivity index (χ0) is 17.2. The summed E-state index contributed by atoms with van der Waals surface area (Å²) in [7, 11) is 1.59. The second kappa shape index (κ2) is 6.51. The van der Waals surface area contributed by atoms with Crippen LogP contribution in [0.4, 0.5) is 4.79 Å². The molecule has 2 N–H and O–H groups in total. The monoisotopic (exact) mass is 331 g/mol. The first-order chi connectivity index (χ1) is 11.5. The Labute approximate surface area is 140 Å². The Bertz CT molecular complexity index is 650. The first-order valence-electron chi connectivity index (χ1n) is 8.08. The topological polar surface area (TPSA) is 87.7 Å². The first-order valence-corrected chi connectivity index (χ1v) is 8.08. The normalized spacial score (nSPS) is 18.8. The Hall–Kier alpha value is -2.57. The van der Waals surface area contributed by atoms with Gasteiger partial charge in [-0.05, 0) is 30.5 Å². The molecule has 0 unspecified atom stereocenters. The number of nitrogens with one attached hydrogen (secondary N) is 2. The molecule has 0 bridgehead atoms. The molecular formula is C17H21N3O4. The molecule has 1 aliphatic carbocycles. The Morgan fingerprint density at radius 3 is 2.54 bits per heavy atom. The highest BCUT2D eigenvalue weighted by Gasteiger charge is 2.52. The standard InChI is InChI=1S/C17H21N3O4/c1-24-13-6-4-12(5-7-13)10-18-14(21)11-20-15(22)17(19-16(20)23)8-2-3-9-17/h4-7H,2-3,8-11H2,1H3,(H,18,21)(H,19,23). The van der Waals surface area contributed by atoms with Gasteiger partial charge in [-0.3, -0.25) is 14.5 Å². The van der Waals surface area contributed by atoms with E-state index in [0.29, 0.717) is 19.4 Å². The average Bonchev–Trinajstić information content (AvgIpc) is 3.14. The quantitative estimate of drug-likeness (QED) is 0.793. The number of amides is 4. The van der Waals surface area contributed by atoms with E-state index in [2.05, 4.69) is 10.6 Å². The highest BCUT2D eigenvalue weighted by atomic mass is 16.5. The van der Waals surface area contributed by atoms with Crippen molar-refractivity contribution in [3.63, 3.8) is 0 Å². The van der Waals surface area contributed by atoms with Crippen molar-refractivity contribution in [3.8, 4) is 5.75 Å². The minimum atomic E-state index is -0.770. The maximum atomic E-state index is 12.5. The lowest BCUT2D eigenvalue weighted by Gasteiger charge is -2.19. The molecule has 2 aliphatic rings. The van der Waals surface area contributed by atoms with E-state index in [0.717, 1.165) is 29.1 Å². The van der Waals surface area contributed by atoms with E-state index in [1.165, 1.54) is 0 Å². The number of nitrogens with zero attached hydrogens (tertiary/aromatic N) is 1. The molecule has 4 amide bonds. The lowest BCUT2D eigenvalue weighted by Crippen LogP contribution is -2.45. The molecule has 128 valence electrons. The molecule has 0 atom stereocenters. The average molecular weight is 331 g/mol. The van der Waals surface area contributed by atoms with Crippen LogP contribution in [-0.4, -0.2) is 41.9 Å². The Kier molecular flexibility index (Phi) is 4.42. The van der Waals surface area contributed by atoms with Crippen LogP contribution in [-0.2, 0) is 16.1 Å². The second-order valence-corrected chi connectivity index (χ2v) is 6.24. The fourth-order valence-electron chi connectivity index (χ4n) is 3.28. The predicted octanol–water partition coefficient (Wildman–Crippen LogP) is 1.18. The summed E-state index contributed by atoms with van der Waals surface area (Å²) >= 11 is 0. The zero-order valence-electron chi connectivity index (χ0n) is 13.6. The van der Waals surface area contributed by atoms with E-state index in [1.807, 2.05) is 24.3 Å². The summed E-state index contributed by atoms with van der Waals surface area (Å²) < 4.78 is 5.08. The van der Waals surface area contributed by atoms with Gasteiger partial charge in [-0.2, -0.15) is 0 Å². The summed E-state index contributed by atoms with van der Waals surface area (Å²) in [6, 6.07) is 6.84. The van der Waals surface area contributed by atoms with Gasteiger partial charge in [0.05, 0.1) is 7.11 Å². The van der Waals surface area contributed by atoms with Crippen LogP contribution in [0.2, 0.25) is 0 Å². The smallest absolute Gasteiger partial charge is 0.325 e. The minimum Gasteiger partial charge on any atom is -0.497 e. The van der Waals surface area contributed by atoms with Gasteiger partial charge in [-0.1, -0.05) is 25.0 Å². The minimum absolute atomic E-state index is 0.247. The van der Waals surface area contributed by atoms with Gasteiger partial charge in [0, 0.05) is 6.54 Å². The van der Waals surface area contributed by atoms with Gasteiger partial charge in [0.1, 0.15) is 17.8 Å². The van der Waals surface area contributed by atoms with Crippen molar-refractivity contribution < 1.29 is 19.1 Å². The molecule has 1 aromatic carbocycles. The summed E-state index contributed by atoms with van der Waals surface area (Å²) in [6.45, 7) is 0.0835. The van der Waals surface area contributed by atoms with Gasteiger partial charge < -0.3 is 15.4 Å². The molecule has 1 spiro atoms. The highest BCUT2D eigenvalue weighted by Crippen LogP contribution is 2.34. The van der Waals surface area contributed by atoms with Crippen LogP contribution in [0.1, 0.15) is 31.2 Å². The summed E-state index contributed by atoms with van der Waals surface area (Å²) in [5.74, 6) is 0.111. The SMILES string of the molecule is COc1ccc(CNC(=O)CN2C(=O)NC3(CCCC3)C2=O)cc1. The number of carbonyl (C=O) groups excluding carboxylic acids is 3. The lowest BCUT2D eigenvalue weighted by atomic mass is 9.98. The number of imide groups is 1. The number of urea groups is 1. The molecule has 2 fully saturated rings. The molecule has 1 saturated heterocycles. The Morgan fingerprint density at radius 2 is 1.92 bits per heavy atom. The molecule has 3 rings (SSSR count). The fraction of sp³-hybridized carbons (Fsp3) is 0.471. The number of rotatable bonds is 5. The Balaban J connectivity index is 1.54. The highest BCUT2D eigenvalue weighted by molar-refractivity contribution is 6.09. The molecular weight excluding hydrogens is 310 g/mol. The maximum Gasteiger partial charge on any atom is 0.325 e. The van der Waals surface area contributed by atoms with Gasteiger partial charge in [-0.25, -0.2) is 4.79 Å². The molecule has 1 aromatic rings. The molecule has 7 nitrogen and oxygen atoms in total. The molecule has 1 aliphatic heterocycles. The molecule has 24 heavy (non-hydrogen) atoms. The zero-order valence-corrected chi connectivity index (χ0v) is 13.6. The molecule has 1 saturated carbocycles. The van der Waals surface area contributed by atoms with E-state index in [4.69, 9.17) is 4.74 Å². The van der Waals surface area contributed by atoms with E-state index in [9.17, 15) is 14.4 Å². The lowest BCUT2D eigenvalue weighted by molar-refractivity contribution is -0.134. The third-order valence-electron chi connectivity index (χ3n) is 4.65. The third-order valence-corrected chi connectivity index (χ3v) is 4.65. The van der Waals surface area contributed by atoms with Crippen molar-refractivity contribution in [2.24, 2.45) is 0 Å². The van der Waals surface area contributed by atoms with Gasteiger partial charge >= 0.3 is 6.03 Å². The van der Waals surface area contributed by atoms with Crippen LogP contribution in [0, 0.1) is 0 Å². The van der Waals surface area contributed by atoms with Crippen LogP contribution in [0.15, 0.2) is 24.3 Å². The molecule has 7 heteroatoms. The number of hydrogen-bond donors (Lipinski definition) is 2. The van der Waals surface area contributed by atoms with Crippen molar-refractivity contribution in [2.75, 3.05) is 13.7 Å². The summed E-state index contributed by atoms with van der Waals surface area (Å²) in [5, 5.41) is 5.49. The van der Waals surface area contributed by atoms with E-state index >= 15 is 0 Å². The van der Waals surface area contributed by atoms with Crippen LogP contribution in [0.25, 0.3) is 0 Å². The number of methoxy groups -OCH3 is 1. The van der Waals surface area contributed by atoms with Crippen molar-refractivity contribution >= 4 is 17.8 Å². The predicted molar refractivity (Wildman–Crippen MR) is 86.3 cm³/mol. The summed E-state index contributed by atoms with van der Waals surface area (Å²) in [5.41, 5.74) is 0.140. The Morgan fingerprint density at radius 1 is 1.25 bits per heavy atom. The fourth-order valence-corrected chi connectivity index (χ4v) is 3.28. The van der Waals surface area contributed by atoms with E-state index in [-0.39, 0.29) is 18.4 Å². The van der Waals surface area contributed by atoms with Crippen LogP contribution in [0.5, 0.6) is 5.75 Å². The first kappa shape index (κ1) is 16.3. The van der Waals surface area contributed by atoms with Crippen molar-refractivity contribution in [2.45, 2.75) is 37.8 Å². The summed E-state index contributed by atoms with van der Waals surface area (Å²) in [6.07, 6.45) is 3.15. The number of ether oxygens (including phenoxy) is 1.